The molecule has 2 aromatic rings. The topological polar surface area (TPSA) is 52.6 Å². The van der Waals surface area contributed by atoms with Crippen LogP contribution in [0.3, 0.4) is 0 Å². The highest BCUT2D eigenvalue weighted by Gasteiger charge is 2.70. The van der Waals surface area contributed by atoms with E-state index in [4.69, 9.17) is 16.3 Å². The third-order valence-electron chi connectivity index (χ3n) is 6.63. The number of aryl methyl sites for hydroxylation is 2. The van der Waals surface area contributed by atoms with E-state index >= 15 is 0 Å². The SMILES string of the molecule is Cc1cc(OCC(=O)CC23CC(C(=O)CCc4ccc(OC(F)(F)F)cc4)(C2)C3)ccc1Cl. The van der Waals surface area contributed by atoms with Gasteiger partial charge in [0.25, 0.3) is 0 Å². The van der Waals surface area contributed by atoms with Crippen molar-refractivity contribution in [2.24, 2.45) is 10.8 Å². The van der Waals surface area contributed by atoms with E-state index in [2.05, 4.69) is 4.74 Å². The lowest BCUT2D eigenvalue weighted by Gasteiger charge is -2.70. The van der Waals surface area contributed by atoms with Crippen LogP contribution in [-0.4, -0.2) is 24.5 Å². The Hall–Kier alpha value is -2.54. The van der Waals surface area contributed by atoms with Gasteiger partial charge in [-0.15, -0.1) is 13.2 Å². The second-order valence-corrected chi connectivity index (χ2v) is 9.75. The van der Waals surface area contributed by atoms with Gasteiger partial charge in [0, 0.05) is 23.3 Å². The summed E-state index contributed by atoms with van der Waals surface area (Å²) >= 11 is 5.99. The van der Waals surface area contributed by atoms with Gasteiger partial charge < -0.3 is 9.47 Å². The third kappa shape index (κ3) is 5.35. The fraction of sp³-hybridized carbons (Fsp3) is 0.440. The Kier molecular flexibility index (Phi) is 6.20. The lowest BCUT2D eigenvalue weighted by Crippen LogP contribution is -2.65. The van der Waals surface area contributed by atoms with E-state index in [1.807, 2.05) is 6.92 Å². The molecule has 0 spiro atoms. The average molecular weight is 481 g/mol. The Labute approximate surface area is 195 Å². The van der Waals surface area contributed by atoms with Crippen molar-refractivity contribution in [3.8, 4) is 11.5 Å². The van der Waals surface area contributed by atoms with Gasteiger partial charge in [-0.2, -0.15) is 0 Å². The molecule has 2 bridgehead atoms. The van der Waals surface area contributed by atoms with E-state index < -0.39 is 6.36 Å². The van der Waals surface area contributed by atoms with Crippen molar-refractivity contribution in [2.45, 2.75) is 51.8 Å². The summed E-state index contributed by atoms with van der Waals surface area (Å²) in [6.07, 6.45) is -1.33. The monoisotopic (exact) mass is 480 g/mol. The minimum atomic E-state index is -4.72. The van der Waals surface area contributed by atoms with Crippen LogP contribution >= 0.6 is 11.6 Å². The predicted molar refractivity (Wildman–Crippen MR) is 116 cm³/mol. The molecule has 0 aromatic heterocycles. The summed E-state index contributed by atoms with van der Waals surface area (Å²) in [7, 11) is 0. The van der Waals surface area contributed by atoms with Gasteiger partial charge in [-0.25, -0.2) is 0 Å². The van der Waals surface area contributed by atoms with Crippen molar-refractivity contribution in [2.75, 3.05) is 6.61 Å². The number of hydrogen-bond donors (Lipinski definition) is 0. The highest BCUT2D eigenvalue weighted by molar-refractivity contribution is 6.31. The van der Waals surface area contributed by atoms with Crippen LogP contribution in [0.5, 0.6) is 11.5 Å². The summed E-state index contributed by atoms with van der Waals surface area (Å²) in [5, 5.41) is 0.644. The molecule has 33 heavy (non-hydrogen) atoms. The van der Waals surface area contributed by atoms with Crippen molar-refractivity contribution >= 4 is 23.2 Å². The van der Waals surface area contributed by atoms with Crippen LogP contribution in [-0.2, 0) is 16.0 Å². The first-order valence-corrected chi connectivity index (χ1v) is 11.1. The predicted octanol–water partition coefficient (Wildman–Crippen LogP) is 6.26. The molecule has 3 fully saturated rings. The first-order chi connectivity index (χ1) is 15.5. The number of hydrogen-bond acceptors (Lipinski definition) is 4. The van der Waals surface area contributed by atoms with Crippen LogP contribution in [0.2, 0.25) is 5.02 Å². The summed E-state index contributed by atoms with van der Waals surface area (Å²) in [6.45, 7) is 1.87. The Morgan fingerprint density at radius 2 is 1.67 bits per heavy atom. The smallest absolute Gasteiger partial charge is 0.486 e. The minimum Gasteiger partial charge on any atom is -0.486 e. The van der Waals surface area contributed by atoms with Gasteiger partial charge >= 0.3 is 6.36 Å². The maximum absolute atomic E-state index is 12.7. The zero-order valence-corrected chi connectivity index (χ0v) is 18.9. The zero-order valence-electron chi connectivity index (χ0n) is 18.1. The van der Waals surface area contributed by atoms with Crippen LogP contribution in [0, 0.1) is 17.8 Å². The Balaban J connectivity index is 1.19. The second-order valence-electron chi connectivity index (χ2n) is 9.34. The normalized spacial score (nSPS) is 23.3. The van der Waals surface area contributed by atoms with Gasteiger partial charge in [-0.3, -0.25) is 9.59 Å². The largest absolute Gasteiger partial charge is 0.573 e. The number of halogens is 4. The molecule has 0 radical (unpaired) electrons. The maximum Gasteiger partial charge on any atom is 0.573 e. The van der Waals surface area contributed by atoms with E-state index in [1.165, 1.54) is 12.1 Å². The fourth-order valence-electron chi connectivity index (χ4n) is 5.20. The average Bonchev–Trinajstić information content (AvgIpc) is 2.68. The lowest BCUT2D eigenvalue weighted by atomic mass is 9.33. The fourth-order valence-corrected chi connectivity index (χ4v) is 5.32. The Bertz CT molecular complexity index is 1040. The van der Waals surface area contributed by atoms with Gasteiger partial charge in [-0.1, -0.05) is 23.7 Å². The van der Waals surface area contributed by atoms with Crippen LogP contribution in [0.15, 0.2) is 42.5 Å². The number of rotatable bonds is 10. The molecule has 3 aliphatic carbocycles. The van der Waals surface area contributed by atoms with Gasteiger partial charge in [0.2, 0.25) is 0 Å². The molecular weight excluding hydrogens is 457 g/mol. The van der Waals surface area contributed by atoms with E-state index in [0.29, 0.717) is 30.0 Å². The van der Waals surface area contributed by atoms with Gasteiger partial charge in [0.05, 0.1) is 0 Å². The number of Topliss-reactive ketones (excluding diaryl/α,β-unsaturated/α-hetero) is 2. The summed E-state index contributed by atoms with van der Waals surface area (Å²) in [5.74, 6) is 0.510. The first kappa shape index (κ1) is 23.6. The molecule has 3 saturated carbocycles. The Morgan fingerprint density at radius 3 is 2.27 bits per heavy atom. The standard InChI is InChI=1S/C25H24ClF3O4/c1-16-10-20(7-8-21(16)26)32-12-18(30)11-23-13-24(14-23,15-23)22(31)9-4-17-2-5-19(6-3-17)33-25(27,28)29/h2-3,5-8,10H,4,9,11-15H2,1H3. The van der Waals surface area contributed by atoms with Crippen molar-refractivity contribution in [1.29, 1.82) is 0 Å². The molecule has 0 atom stereocenters. The molecule has 3 aliphatic rings. The van der Waals surface area contributed by atoms with Crippen LogP contribution in [0.4, 0.5) is 13.2 Å². The molecule has 0 N–H and O–H groups in total. The van der Waals surface area contributed by atoms with Crippen LogP contribution < -0.4 is 9.47 Å². The molecule has 0 aliphatic heterocycles. The molecule has 8 heteroatoms. The second kappa shape index (κ2) is 8.67. The number of ether oxygens (including phenoxy) is 2. The molecule has 0 amide bonds. The highest BCUT2D eigenvalue weighted by Crippen LogP contribution is 2.75. The van der Waals surface area contributed by atoms with Crippen molar-refractivity contribution in [3.63, 3.8) is 0 Å². The molecule has 0 saturated heterocycles. The quantitative estimate of drug-likeness (QED) is 0.403. The minimum absolute atomic E-state index is 0.00217. The summed E-state index contributed by atoms with van der Waals surface area (Å²) in [6, 6.07) is 10.8. The molecule has 0 heterocycles. The first-order valence-electron chi connectivity index (χ1n) is 10.8. The van der Waals surface area contributed by atoms with E-state index in [9.17, 15) is 22.8 Å². The number of carbonyl (C=O) groups excluding carboxylic acids is 2. The Morgan fingerprint density at radius 1 is 1.03 bits per heavy atom. The van der Waals surface area contributed by atoms with Gasteiger partial charge in [-0.05, 0) is 79.5 Å². The van der Waals surface area contributed by atoms with Crippen molar-refractivity contribution in [1.82, 2.24) is 0 Å². The van der Waals surface area contributed by atoms with Gasteiger partial charge in [0.15, 0.2) is 5.78 Å². The van der Waals surface area contributed by atoms with Crippen LogP contribution in [0.1, 0.15) is 43.2 Å². The van der Waals surface area contributed by atoms with E-state index in [0.717, 1.165) is 30.4 Å². The number of ketones is 2. The summed E-state index contributed by atoms with van der Waals surface area (Å²) < 4.78 is 46.1. The summed E-state index contributed by atoms with van der Waals surface area (Å²) in [4.78, 5) is 25.1. The molecule has 0 unspecified atom stereocenters. The molecular formula is C25H24ClF3O4. The number of carbonyl (C=O) groups is 2. The molecule has 5 rings (SSSR count). The van der Waals surface area contributed by atoms with Gasteiger partial charge in [0.1, 0.15) is 23.9 Å². The van der Waals surface area contributed by atoms with E-state index in [-0.39, 0.29) is 34.8 Å². The number of benzene rings is 2. The van der Waals surface area contributed by atoms with Crippen molar-refractivity contribution in [3.05, 3.63) is 58.6 Å². The van der Waals surface area contributed by atoms with Crippen LogP contribution in [0.25, 0.3) is 0 Å². The number of alkyl halides is 3. The molecule has 176 valence electrons. The van der Waals surface area contributed by atoms with E-state index in [1.54, 1.807) is 30.3 Å². The van der Waals surface area contributed by atoms with Crippen molar-refractivity contribution < 1.29 is 32.2 Å². The molecule has 4 nitrogen and oxygen atoms in total. The highest BCUT2D eigenvalue weighted by atomic mass is 35.5. The third-order valence-corrected chi connectivity index (χ3v) is 7.05. The molecule has 2 aromatic carbocycles. The zero-order chi connectivity index (χ0) is 23.9. The maximum atomic E-state index is 12.7. The lowest BCUT2D eigenvalue weighted by molar-refractivity contribution is -0.274. The summed E-state index contributed by atoms with van der Waals surface area (Å²) in [5.41, 5.74) is 1.26.